The molecule has 1 N–H and O–H groups in total. The van der Waals surface area contributed by atoms with E-state index < -0.39 is 6.03 Å². The van der Waals surface area contributed by atoms with Gasteiger partial charge in [0.15, 0.2) is 0 Å². The summed E-state index contributed by atoms with van der Waals surface area (Å²) in [5.74, 6) is 0.844. The van der Waals surface area contributed by atoms with E-state index in [9.17, 15) is 14.4 Å². The largest absolute Gasteiger partial charge is 0.381 e. The third-order valence-corrected chi connectivity index (χ3v) is 8.74. The van der Waals surface area contributed by atoms with E-state index in [1.807, 2.05) is 4.90 Å². The summed E-state index contributed by atoms with van der Waals surface area (Å²) in [4.78, 5) is 42.8. The summed E-state index contributed by atoms with van der Waals surface area (Å²) in [6, 6.07) is 15.2. The molecular weight excluding hydrogens is 528 g/mol. The normalized spacial score (nSPS) is 19.6. The van der Waals surface area contributed by atoms with Crippen LogP contribution in [0, 0.1) is 11.8 Å². The molecular formula is C31H39ClN4O4. The Labute approximate surface area is 241 Å². The van der Waals surface area contributed by atoms with Crippen LogP contribution in [0.1, 0.15) is 54.4 Å². The summed E-state index contributed by atoms with van der Waals surface area (Å²) in [5.41, 5.74) is 2.33. The molecule has 214 valence electrons. The highest BCUT2D eigenvalue weighted by Gasteiger charge is 2.28. The standard InChI is InChI=1S/C31H39ClN4O4/c32-27-7-6-26(20-28(27)36-18-12-29(37)33-31(36)39)30(38)35-16-10-23(11-17-35)13-19-40-22-25-8-14-34(15-9-25)21-24-4-2-1-3-5-24/h1-7,20,23,25H,8-19,21-22H2,(H,33,37,39). The Morgan fingerprint density at radius 1 is 0.925 bits per heavy atom. The monoisotopic (exact) mass is 566 g/mol. The van der Waals surface area contributed by atoms with Crippen molar-refractivity contribution in [2.45, 2.75) is 45.1 Å². The predicted octanol–water partition coefficient (Wildman–Crippen LogP) is 4.96. The van der Waals surface area contributed by atoms with E-state index in [1.165, 1.54) is 23.3 Å². The van der Waals surface area contributed by atoms with Crippen LogP contribution in [0.4, 0.5) is 10.5 Å². The molecule has 0 aromatic heterocycles. The lowest BCUT2D eigenvalue weighted by atomic mass is 9.93. The minimum absolute atomic E-state index is 0.0558. The molecule has 0 aliphatic carbocycles. The fourth-order valence-electron chi connectivity index (χ4n) is 5.91. The third-order valence-electron chi connectivity index (χ3n) is 8.42. The number of amides is 4. The van der Waals surface area contributed by atoms with Crippen LogP contribution in [-0.2, 0) is 16.1 Å². The van der Waals surface area contributed by atoms with Crippen LogP contribution in [0.25, 0.3) is 0 Å². The molecule has 40 heavy (non-hydrogen) atoms. The molecule has 4 amide bonds. The third kappa shape index (κ3) is 7.42. The second kappa shape index (κ2) is 13.6. The molecule has 3 heterocycles. The molecule has 5 rings (SSSR count). The number of hydrogen-bond acceptors (Lipinski definition) is 5. The molecule has 3 aliphatic heterocycles. The van der Waals surface area contributed by atoms with Crippen LogP contribution in [0.2, 0.25) is 5.02 Å². The number of imide groups is 1. The number of likely N-dealkylation sites (tertiary alicyclic amines) is 2. The fraction of sp³-hybridized carbons (Fsp3) is 0.516. The highest BCUT2D eigenvalue weighted by Crippen LogP contribution is 2.30. The first kappa shape index (κ1) is 28.6. The molecule has 0 saturated carbocycles. The van der Waals surface area contributed by atoms with Crippen molar-refractivity contribution < 1.29 is 19.1 Å². The maximum Gasteiger partial charge on any atom is 0.328 e. The first-order chi connectivity index (χ1) is 19.5. The number of halogens is 1. The number of hydrogen-bond donors (Lipinski definition) is 1. The van der Waals surface area contributed by atoms with Crippen molar-refractivity contribution in [2.24, 2.45) is 11.8 Å². The van der Waals surface area contributed by atoms with Crippen LogP contribution in [-0.4, -0.2) is 73.6 Å². The summed E-state index contributed by atoms with van der Waals surface area (Å²) >= 11 is 6.34. The van der Waals surface area contributed by atoms with Crippen molar-refractivity contribution in [1.29, 1.82) is 0 Å². The van der Waals surface area contributed by atoms with Gasteiger partial charge in [-0.25, -0.2) is 4.79 Å². The zero-order chi connectivity index (χ0) is 27.9. The SMILES string of the molecule is O=C1CCN(c2cc(C(=O)N3CCC(CCOCC4CCN(Cc5ccccc5)CC4)CC3)ccc2Cl)C(=O)N1. The van der Waals surface area contributed by atoms with Crippen LogP contribution in [0.15, 0.2) is 48.5 Å². The average molecular weight is 567 g/mol. The topological polar surface area (TPSA) is 82.2 Å². The van der Waals surface area contributed by atoms with Gasteiger partial charge in [0.25, 0.3) is 5.91 Å². The van der Waals surface area contributed by atoms with Gasteiger partial charge in [-0.15, -0.1) is 0 Å². The molecule has 3 saturated heterocycles. The Hall–Kier alpha value is -2.94. The quantitative estimate of drug-likeness (QED) is 0.434. The van der Waals surface area contributed by atoms with Crippen molar-refractivity contribution >= 4 is 35.1 Å². The number of nitrogens with zero attached hydrogens (tertiary/aromatic N) is 3. The van der Waals surface area contributed by atoms with Gasteiger partial charge in [-0.1, -0.05) is 41.9 Å². The van der Waals surface area contributed by atoms with Crippen LogP contribution >= 0.6 is 11.6 Å². The van der Waals surface area contributed by atoms with Crippen LogP contribution in [0.5, 0.6) is 0 Å². The number of ether oxygens (including phenoxy) is 1. The minimum Gasteiger partial charge on any atom is -0.381 e. The fourth-order valence-corrected chi connectivity index (χ4v) is 6.13. The molecule has 0 unspecified atom stereocenters. The smallest absolute Gasteiger partial charge is 0.328 e. The zero-order valence-corrected chi connectivity index (χ0v) is 23.8. The van der Waals surface area contributed by atoms with Crippen molar-refractivity contribution in [3.8, 4) is 0 Å². The summed E-state index contributed by atoms with van der Waals surface area (Å²) < 4.78 is 6.10. The van der Waals surface area contributed by atoms with Gasteiger partial charge in [0.1, 0.15) is 0 Å². The number of urea groups is 1. The number of anilines is 1. The number of piperidine rings is 2. The molecule has 0 atom stereocenters. The Kier molecular flexibility index (Phi) is 9.73. The molecule has 8 nitrogen and oxygen atoms in total. The van der Waals surface area contributed by atoms with Crippen molar-refractivity contribution in [3.63, 3.8) is 0 Å². The second-order valence-corrected chi connectivity index (χ2v) is 11.6. The van der Waals surface area contributed by atoms with Gasteiger partial charge in [0.2, 0.25) is 5.91 Å². The van der Waals surface area contributed by atoms with E-state index in [-0.39, 0.29) is 24.8 Å². The Morgan fingerprint density at radius 2 is 1.65 bits per heavy atom. The van der Waals surface area contributed by atoms with Crippen molar-refractivity contribution in [2.75, 3.05) is 50.8 Å². The molecule has 0 bridgehead atoms. The van der Waals surface area contributed by atoms with E-state index in [4.69, 9.17) is 16.3 Å². The van der Waals surface area contributed by atoms with Gasteiger partial charge in [0.05, 0.1) is 10.7 Å². The molecule has 3 aliphatic rings. The Morgan fingerprint density at radius 3 is 2.38 bits per heavy atom. The average Bonchev–Trinajstić information content (AvgIpc) is 2.97. The van der Waals surface area contributed by atoms with E-state index in [1.54, 1.807) is 18.2 Å². The molecule has 9 heteroatoms. The number of nitrogens with one attached hydrogen (secondary N) is 1. The van der Waals surface area contributed by atoms with Crippen LogP contribution in [0.3, 0.4) is 0 Å². The van der Waals surface area contributed by atoms with Crippen molar-refractivity contribution in [1.82, 2.24) is 15.1 Å². The summed E-state index contributed by atoms with van der Waals surface area (Å²) in [6.45, 7) is 6.59. The summed E-state index contributed by atoms with van der Waals surface area (Å²) in [6.07, 6.45) is 5.54. The highest BCUT2D eigenvalue weighted by atomic mass is 35.5. The van der Waals surface area contributed by atoms with Gasteiger partial charge in [-0.05, 0) is 80.8 Å². The number of carbonyl (C=O) groups is 3. The number of benzene rings is 2. The zero-order valence-electron chi connectivity index (χ0n) is 23.0. The van der Waals surface area contributed by atoms with E-state index in [2.05, 4.69) is 40.5 Å². The maximum absolute atomic E-state index is 13.2. The molecule has 0 spiro atoms. The van der Waals surface area contributed by atoms with Gasteiger partial charge >= 0.3 is 6.03 Å². The molecule has 2 aromatic carbocycles. The van der Waals surface area contributed by atoms with E-state index >= 15 is 0 Å². The summed E-state index contributed by atoms with van der Waals surface area (Å²) in [7, 11) is 0. The van der Waals surface area contributed by atoms with Gasteiger partial charge in [-0.2, -0.15) is 0 Å². The Bertz CT molecular complexity index is 1180. The molecule has 0 radical (unpaired) electrons. The maximum atomic E-state index is 13.2. The lowest BCUT2D eigenvalue weighted by molar-refractivity contribution is -0.120. The van der Waals surface area contributed by atoms with Gasteiger partial charge in [-0.3, -0.25) is 24.7 Å². The Balaban J connectivity index is 1.00. The summed E-state index contributed by atoms with van der Waals surface area (Å²) in [5, 5.41) is 2.68. The predicted molar refractivity (Wildman–Crippen MR) is 155 cm³/mol. The lowest BCUT2D eigenvalue weighted by Gasteiger charge is -2.33. The number of rotatable bonds is 9. The van der Waals surface area contributed by atoms with Crippen LogP contribution < -0.4 is 10.2 Å². The first-order valence-electron chi connectivity index (χ1n) is 14.5. The second-order valence-electron chi connectivity index (χ2n) is 11.2. The van der Waals surface area contributed by atoms with E-state index in [0.29, 0.717) is 41.2 Å². The highest BCUT2D eigenvalue weighted by molar-refractivity contribution is 6.34. The van der Waals surface area contributed by atoms with E-state index in [0.717, 1.165) is 52.1 Å². The lowest BCUT2D eigenvalue weighted by Crippen LogP contribution is -2.49. The first-order valence-corrected chi connectivity index (χ1v) is 14.9. The van der Waals surface area contributed by atoms with Gasteiger partial charge < -0.3 is 9.64 Å². The molecule has 3 fully saturated rings. The molecule has 2 aromatic rings. The van der Waals surface area contributed by atoms with Crippen molar-refractivity contribution in [3.05, 3.63) is 64.7 Å². The number of carbonyl (C=O) groups excluding carboxylic acids is 3. The minimum atomic E-state index is -0.515. The van der Waals surface area contributed by atoms with Gasteiger partial charge in [0, 0.05) is 51.4 Å².